The molecule has 0 radical (unpaired) electrons. The number of hydrogen-bond donors (Lipinski definition) is 6. The van der Waals surface area contributed by atoms with Gasteiger partial charge in [0.05, 0.1) is 30.9 Å². The summed E-state index contributed by atoms with van der Waals surface area (Å²) in [4.78, 5) is 20.2. The lowest BCUT2D eigenvalue weighted by atomic mass is 9.45. The Balaban J connectivity index is 1.30. The number of rotatable bonds is 9. The molecule has 3 saturated carbocycles. The number of fused-ring (bicyclic) bond motifs is 3. The van der Waals surface area contributed by atoms with Crippen LogP contribution in [0.1, 0.15) is 58.3 Å². The van der Waals surface area contributed by atoms with E-state index in [1.807, 2.05) is 13.2 Å². The van der Waals surface area contributed by atoms with Gasteiger partial charge < -0.3 is 41.3 Å². The molecule has 7 rings (SSSR count). The largest absolute Gasteiger partial charge is 0.478 e. The Hall–Kier alpha value is -2.50. The summed E-state index contributed by atoms with van der Waals surface area (Å²) in [6.07, 6.45) is 19.4. The fourth-order valence-corrected chi connectivity index (χ4v) is 11.7. The molecule has 7 aliphatic rings. The zero-order valence-electron chi connectivity index (χ0n) is 28.1. The molecule has 10 nitrogen and oxygen atoms in total. The minimum atomic E-state index is -1.58. The molecule has 11 unspecified atom stereocenters. The lowest BCUT2D eigenvalue weighted by Crippen LogP contribution is -2.63. The van der Waals surface area contributed by atoms with Gasteiger partial charge in [-0.2, -0.15) is 0 Å². The predicted molar refractivity (Wildman–Crippen MR) is 181 cm³/mol. The van der Waals surface area contributed by atoms with Gasteiger partial charge in [0.25, 0.3) is 0 Å². The van der Waals surface area contributed by atoms with Crippen LogP contribution in [-0.2, 0) is 9.53 Å². The van der Waals surface area contributed by atoms with Crippen molar-refractivity contribution < 1.29 is 24.9 Å². The van der Waals surface area contributed by atoms with Crippen molar-refractivity contribution in [2.75, 3.05) is 46.4 Å². The number of allylic oxidation sites excluding steroid dienone is 4. The third kappa shape index (κ3) is 4.99. The van der Waals surface area contributed by atoms with E-state index >= 15 is 0 Å². The van der Waals surface area contributed by atoms with Crippen LogP contribution in [0.3, 0.4) is 0 Å². The highest BCUT2D eigenvalue weighted by Crippen LogP contribution is 2.77. The van der Waals surface area contributed by atoms with Crippen molar-refractivity contribution in [3.63, 3.8) is 0 Å². The topological polar surface area (TPSA) is 153 Å². The maximum absolute atomic E-state index is 13.5. The van der Waals surface area contributed by atoms with Gasteiger partial charge in [-0.15, -0.1) is 0 Å². The first-order chi connectivity index (χ1) is 22.7. The van der Waals surface area contributed by atoms with Crippen molar-refractivity contribution in [3.05, 3.63) is 47.7 Å². The van der Waals surface area contributed by atoms with Gasteiger partial charge in [0, 0.05) is 49.1 Å². The van der Waals surface area contributed by atoms with Crippen molar-refractivity contribution in [3.8, 4) is 0 Å². The molecule has 2 heterocycles. The molecule has 2 aliphatic heterocycles. The number of carboxylic acids is 1. The van der Waals surface area contributed by atoms with E-state index in [-0.39, 0.29) is 47.4 Å². The molecule has 10 heteroatoms. The quantitative estimate of drug-likeness (QED) is 0.126. The Morgan fingerprint density at radius 1 is 1.13 bits per heavy atom. The van der Waals surface area contributed by atoms with Gasteiger partial charge in [-0.05, 0) is 93.6 Å². The van der Waals surface area contributed by atoms with Crippen molar-refractivity contribution in [2.45, 2.75) is 76.1 Å². The van der Waals surface area contributed by atoms with Crippen molar-refractivity contribution in [2.24, 2.45) is 57.1 Å². The molecule has 7 N–H and O–H groups in total. The number of carbonyl (C=O) groups is 1. The van der Waals surface area contributed by atoms with Gasteiger partial charge in [0.15, 0.2) is 5.96 Å². The fraction of sp³-hybridized carbons (Fsp3) is 0.730. The second-order valence-electron chi connectivity index (χ2n) is 15.5. The van der Waals surface area contributed by atoms with Gasteiger partial charge in [-0.25, -0.2) is 4.79 Å². The van der Waals surface area contributed by atoms with Crippen LogP contribution >= 0.6 is 0 Å². The molecule has 0 amide bonds. The van der Waals surface area contributed by atoms with Crippen LogP contribution in [0.25, 0.3) is 0 Å². The summed E-state index contributed by atoms with van der Waals surface area (Å²) in [5.41, 5.74) is 5.30. The molecule has 47 heavy (non-hydrogen) atoms. The van der Waals surface area contributed by atoms with Gasteiger partial charge in [-0.3, -0.25) is 4.99 Å². The van der Waals surface area contributed by atoms with E-state index in [9.17, 15) is 20.1 Å². The number of nitrogens with one attached hydrogen (secondary N) is 2. The standard InChI is InChI=1S/C37H55N5O5/c1-23-7-11-26-19-29-31(33(44)45)37(46,30-12-10-25-9-8-24-5-3-4-6-28(24)32(25)47-30)21-35(23,29)36(26)22-42(34(38)41-15-14-39-2)17-13-27(36)20-40-16-18-43/h3-6,13,17,23-28,30,32,39-40,43,46H,7-12,14-16,18-22H2,1-2H3,(H2,38,41)(H,44,45). The number of aliphatic imine (C=N–C) groups is 1. The van der Waals surface area contributed by atoms with Crippen LogP contribution < -0.4 is 16.4 Å². The van der Waals surface area contributed by atoms with Crippen LogP contribution in [0, 0.1) is 46.3 Å². The van der Waals surface area contributed by atoms with Gasteiger partial charge in [-0.1, -0.05) is 37.3 Å². The van der Waals surface area contributed by atoms with Crippen LogP contribution in [0.15, 0.2) is 52.7 Å². The Labute approximate surface area is 279 Å². The first-order valence-electron chi connectivity index (χ1n) is 18.1. The molecule has 11 atom stereocenters. The molecule has 0 aromatic carbocycles. The van der Waals surface area contributed by atoms with Crippen molar-refractivity contribution in [1.29, 1.82) is 0 Å². The summed E-state index contributed by atoms with van der Waals surface area (Å²) in [5.74, 6) is 1.05. The smallest absolute Gasteiger partial charge is 0.334 e. The summed E-state index contributed by atoms with van der Waals surface area (Å²) in [7, 11) is 1.90. The molecular formula is C37H55N5O5. The van der Waals surface area contributed by atoms with Gasteiger partial charge >= 0.3 is 5.97 Å². The monoisotopic (exact) mass is 649 g/mol. The maximum Gasteiger partial charge on any atom is 0.334 e. The molecule has 1 saturated heterocycles. The van der Waals surface area contributed by atoms with E-state index in [0.29, 0.717) is 63.2 Å². The Morgan fingerprint density at radius 3 is 2.72 bits per heavy atom. The first-order valence-corrected chi connectivity index (χ1v) is 18.1. The number of guanidine groups is 1. The number of hydrogen-bond acceptors (Lipinski definition) is 7. The lowest BCUT2D eigenvalue weighted by Gasteiger charge is -2.61. The Morgan fingerprint density at radius 2 is 1.94 bits per heavy atom. The number of aliphatic hydroxyl groups excluding tert-OH is 1. The second kappa shape index (κ2) is 12.8. The number of carboxylic acid groups (broad SMARTS) is 1. The number of nitrogens with two attached hydrogens (primary N) is 1. The van der Waals surface area contributed by atoms with Crippen LogP contribution in [0.2, 0.25) is 0 Å². The number of ether oxygens (including phenoxy) is 1. The van der Waals surface area contributed by atoms with Crippen LogP contribution in [-0.4, -0.2) is 96.3 Å². The minimum Gasteiger partial charge on any atom is -0.478 e. The zero-order chi connectivity index (χ0) is 33.0. The average molecular weight is 650 g/mol. The molecule has 4 fully saturated rings. The summed E-state index contributed by atoms with van der Waals surface area (Å²) >= 11 is 0. The SMILES string of the molecule is CNCCN=C(N)N1C=CC(CNCCO)C2(C1)C1CCC(C)C23CC(O)(C2CCC4CCC5C=CC=CC5C4O2)C(C(=O)O)=C3C1. The molecule has 0 aromatic rings. The van der Waals surface area contributed by atoms with E-state index in [1.54, 1.807) is 0 Å². The Kier molecular flexibility index (Phi) is 8.96. The second-order valence-corrected chi connectivity index (χ2v) is 15.5. The summed E-state index contributed by atoms with van der Waals surface area (Å²) in [6.45, 7) is 5.38. The van der Waals surface area contributed by atoms with Crippen LogP contribution in [0.5, 0.6) is 0 Å². The van der Waals surface area contributed by atoms with Gasteiger partial charge in [0.2, 0.25) is 0 Å². The molecule has 5 aliphatic carbocycles. The number of aliphatic carboxylic acids is 1. The molecule has 258 valence electrons. The first kappa shape index (κ1) is 33.0. The van der Waals surface area contributed by atoms with Gasteiger partial charge in [0.1, 0.15) is 5.60 Å². The normalized spacial score (nSPS) is 43.7. The summed E-state index contributed by atoms with van der Waals surface area (Å²) < 4.78 is 7.02. The summed E-state index contributed by atoms with van der Waals surface area (Å²) in [6, 6.07) is 0. The molecule has 0 aromatic heterocycles. The third-order valence-corrected chi connectivity index (χ3v) is 13.7. The highest BCUT2D eigenvalue weighted by atomic mass is 16.5. The van der Waals surface area contributed by atoms with Crippen molar-refractivity contribution >= 4 is 11.9 Å². The predicted octanol–water partition coefficient (Wildman–Crippen LogP) is 2.80. The number of nitrogens with zero attached hydrogens (tertiary/aromatic N) is 2. The highest BCUT2D eigenvalue weighted by molar-refractivity contribution is 5.92. The van der Waals surface area contributed by atoms with E-state index in [2.05, 4.69) is 57.8 Å². The minimum absolute atomic E-state index is 0.0154. The van der Waals surface area contributed by atoms with E-state index in [1.165, 1.54) is 0 Å². The highest BCUT2D eigenvalue weighted by Gasteiger charge is 2.76. The fourth-order valence-electron chi connectivity index (χ4n) is 11.7. The molecular weight excluding hydrogens is 594 g/mol. The van der Waals surface area contributed by atoms with E-state index in [4.69, 9.17) is 10.5 Å². The third-order valence-electron chi connectivity index (χ3n) is 13.7. The van der Waals surface area contributed by atoms with E-state index in [0.717, 1.165) is 44.2 Å². The molecule has 2 spiro atoms. The lowest BCUT2D eigenvalue weighted by molar-refractivity contribution is -0.199. The maximum atomic E-state index is 13.5. The molecule has 2 bridgehead atoms. The van der Waals surface area contributed by atoms with Crippen molar-refractivity contribution in [1.82, 2.24) is 15.5 Å². The Bertz CT molecular complexity index is 1380. The summed E-state index contributed by atoms with van der Waals surface area (Å²) in [5, 5.41) is 40.3. The van der Waals surface area contributed by atoms with Crippen LogP contribution in [0.4, 0.5) is 0 Å². The number of likely N-dealkylation sites (N-methyl/N-ethyl adjacent to an activating group) is 1. The van der Waals surface area contributed by atoms with E-state index < -0.39 is 23.1 Å². The number of aliphatic hydroxyl groups is 2. The zero-order valence-corrected chi connectivity index (χ0v) is 28.1. The average Bonchev–Trinajstić information content (AvgIpc) is 3.43.